The molecule has 1 aromatic carbocycles. The lowest BCUT2D eigenvalue weighted by molar-refractivity contribution is -0.160. The van der Waals surface area contributed by atoms with Crippen LogP contribution in [0.25, 0.3) is 0 Å². The number of amides is 2. The first-order chi connectivity index (χ1) is 14.1. The first kappa shape index (κ1) is 20.5. The van der Waals surface area contributed by atoms with Crippen molar-refractivity contribution in [3.63, 3.8) is 0 Å². The molecule has 3 fully saturated rings. The van der Waals surface area contributed by atoms with E-state index in [2.05, 4.69) is 0 Å². The second kappa shape index (κ2) is 6.61. The highest BCUT2D eigenvalue weighted by atomic mass is 19.1. The molecule has 3 heterocycles. The fourth-order valence-electron chi connectivity index (χ4n) is 5.38. The number of rotatable bonds is 4. The predicted molar refractivity (Wildman–Crippen MR) is 103 cm³/mol. The number of ether oxygens (including phenoxy) is 2. The van der Waals surface area contributed by atoms with Crippen molar-refractivity contribution in [1.82, 2.24) is 0 Å². The van der Waals surface area contributed by atoms with Crippen molar-refractivity contribution in [2.45, 2.75) is 58.1 Å². The van der Waals surface area contributed by atoms with E-state index in [9.17, 15) is 18.8 Å². The zero-order valence-electron chi connectivity index (χ0n) is 17.3. The Morgan fingerprint density at radius 2 is 2.00 bits per heavy atom. The third-order valence-corrected chi connectivity index (χ3v) is 6.58. The van der Waals surface area contributed by atoms with E-state index in [-0.39, 0.29) is 29.3 Å². The molecular formula is C22H23FN2O5. The minimum absolute atomic E-state index is 0.114. The minimum atomic E-state index is -1.16. The maximum absolute atomic E-state index is 13.4. The Hall–Kier alpha value is -2.79. The molecule has 0 spiro atoms. The van der Waals surface area contributed by atoms with Crippen LogP contribution in [0, 0.1) is 29.1 Å². The van der Waals surface area contributed by atoms with Crippen LogP contribution in [0.15, 0.2) is 18.2 Å². The van der Waals surface area contributed by atoms with Crippen LogP contribution in [0.1, 0.15) is 45.2 Å². The van der Waals surface area contributed by atoms with Gasteiger partial charge in [0.25, 0.3) is 0 Å². The third-order valence-electron chi connectivity index (χ3n) is 6.58. The lowest BCUT2D eigenvalue weighted by atomic mass is 9.64. The molecule has 0 aromatic heterocycles. The number of nitrogens with zero attached hydrogens (tertiary/aromatic N) is 2. The van der Waals surface area contributed by atoms with E-state index < -0.39 is 53.4 Å². The number of esters is 1. The van der Waals surface area contributed by atoms with Gasteiger partial charge in [-0.2, -0.15) is 5.26 Å². The Labute approximate surface area is 173 Å². The van der Waals surface area contributed by atoms with E-state index >= 15 is 0 Å². The summed E-state index contributed by atoms with van der Waals surface area (Å²) in [5.74, 6) is -3.58. The van der Waals surface area contributed by atoms with Crippen LogP contribution in [0.2, 0.25) is 0 Å². The van der Waals surface area contributed by atoms with Crippen molar-refractivity contribution in [3.05, 3.63) is 29.3 Å². The van der Waals surface area contributed by atoms with E-state index in [1.807, 2.05) is 6.07 Å². The molecule has 1 unspecified atom stereocenters. The van der Waals surface area contributed by atoms with E-state index in [4.69, 9.17) is 14.7 Å². The summed E-state index contributed by atoms with van der Waals surface area (Å²) in [5.41, 5.74) is -1.65. The van der Waals surface area contributed by atoms with E-state index in [1.54, 1.807) is 27.7 Å². The van der Waals surface area contributed by atoms with Gasteiger partial charge in [0.05, 0.1) is 52.4 Å². The second-order valence-corrected chi connectivity index (χ2v) is 8.90. The molecule has 3 aliphatic heterocycles. The first-order valence-electron chi connectivity index (χ1n) is 9.95. The first-order valence-corrected chi connectivity index (χ1v) is 9.95. The highest BCUT2D eigenvalue weighted by Gasteiger charge is 2.77. The number of fused-ring (bicyclic) bond motifs is 5. The maximum Gasteiger partial charge on any atom is 0.312 e. The molecule has 7 nitrogen and oxygen atoms in total. The molecule has 5 atom stereocenters. The molecular weight excluding hydrogens is 391 g/mol. The van der Waals surface area contributed by atoms with Gasteiger partial charge >= 0.3 is 5.97 Å². The number of carbonyl (C=O) groups excluding carboxylic acids is 3. The lowest BCUT2D eigenvalue weighted by Gasteiger charge is -2.34. The Morgan fingerprint density at radius 1 is 1.33 bits per heavy atom. The van der Waals surface area contributed by atoms with Crippen molar-refractivity contribution >= 4 is 23.5 Å². The van der Waals surface area contributed by atoms with Gasteiger partial charge in [-0.25, -0.2) is 9.29 Å². The van der Waals surface area contributed by atoms with Crippen LogP contribution in [0.3, 0.4) is 0 Å². The van der Waals surface area contributed by atoms with Crippen molar-refractivity contribution < 1.29 is 28.2 Å². The van der Waals surface area contributed by atoms with Gasteiger partial charge in [0.2, 0.25) is 11.8 Å². The SMILES string of the molecule is CC(C)OC(=O)[C@@H]1CC2(C)O[C@@]1(C)[C@@H]1C(=O)N(c3ccc(C#N)c(CF)c3)C(=O)[C@@H]12. The molecule has 3 aliphatic rings. The number of imide groups is 1. The fraction of sp³-hybridized carbons (Fsp3) is 0.545. The van der Waals surface area contributed by atoms with Gasteiger partial charge in [-0.1, -0.05) is 0 Å². The van der Waals surface area contributed by atoms with Crippen molar-refractivity contribution in [2.75, 3.05) is 4.90 Å². The fourth-order valence-corrected chi connectivity index (χ4v) is 5.38. The van der Waals surface area contributed by atoms with E-state index in [0.29, 0.717) is 0 Å². The van der Waals surface area contributed by atoms with Crippen molar-refractivity contribution in [1.29, 1.82) is 5.26 Å². The summed E-state index contributed by atoms with van der Waals surface area (Å²) in [7, 11) is 0. The number of hydrogen-bond acceptors (Lipinski definition) is 6. The number of halogens is 1. The summed E-state index contributed by atoms with van der Waals surface area (Å²) >= 11 is 0. The van der Waals surface area contributed by atoms with Gasteiger partial charge < -0.3 is 9.47 Å². The Morgan fingerprint density at radius 3 is 2.60 bits per heavy atom. The number of alkyl halides is 1. The Kier molecular flexibility index (Phi) is 4.51. The Bertz CT molecular complexity index is 1000. The second-order valence-electron chi connectivity index (χ2n) is 8.90. The smallest absolute Gasteiger partial charge is 0.312 e. The highest BCUT2D eigenvalue weighted by Crippen LogP contribution is 2.63. The minimum Gasteiger partial charge on any atom is -0.463 e. The Balaban J connectivity index is 1.73. The van der Waals surface area contributed by atoms with Crippen LogP contribution < -0.4 is 4.90 Å². The van der Waals surface area contributed by atoms with Gasteiger partial charge in [0.1, 0.15) is 6.67 Å². The normalized spacial score (nSPS) is 34.4. The molecule has 2 bridgehead atoms. The average Bonchev–Trinajstić information content (AvgIpc) is 3.21. The van der Waals surface area contributed by atoms with Crippen LogP contribution in [-0.4, -0.2) is 35.1 Å². The molecule has 1 aromatic rings. The topological polar surface area (TPSA) is 96.7 Å². The molecule has 3 saturated heterocycles. The number of nitriles is 1. The summed E-state index contributed by atoms with van der Waals surface area (Å²) in [4.78, 5) is 40.4. The van der Waals surface area contributed by atoms with Gasteiger partial charge in [-0.05, 0) is 52.3 Å². The summed E-state index contributed by atoms with van der Waals surface area (Å²) < 4.78 is 24.9. The molecule has 2 amide bonds. The third kappa shape index (κ3) is 2.61. The molecule has 158 valence electrons. The van der Waals surface area contributed by atoms with Crippen LogP contribution in [-0.2, 0) is 30.5 Å². The quantitative estimate of drug-likeness (QED) is 0.555. The van der Waals surface area contributed by atoms with Gasteiger partial charge in [0, 0.05) is 5.56 Å². The van der Waals surface area contributed by atoms with Crippen molar-refractivity contribution in [3.8, 4) is 6.07 Å². The standard InChI is InChI=1S/C22H23FN2O5/c1-11(2)29-20(28)15-8-21(3)16-17(22(15,4)30-21)19(27)25(18(16)26)14-6-5-12(10-24)13(7-14)9-23/h5-7,11,15-17H,8-9H2,1-4H3/t15-,16+,17-,21?,22+/m0/s1. The van der Waals surface area contributed by atoms with Gasteiger partial charge in [-0.3, -0.25) is 14.4 Å². The summed E-state index contributed by atoms with van der Waals surface area (Å²) in [5, 5.41) is 9.11. The predicted octanol–water partition coefficient (Wildman–Crippen LogP) is 2.65. The van der Waals surface area contributed by atoms with Gasteiger partial charge in [-0.15, -0.1) is 0 Å². The number of hydrogen-bond donors (Lipinski definition) is 0. The summed E-state index contributed by atoms with van der Waals surface area (Å²) in [6.07, 6.45) is -0.0226. The van der Waals surface area contributed by atoms with Crippen LogP contribution in [0.5, 0.6) is 0 Å². The van der Waals surface area contributed by atoms with E-state index in [1.165, 1.54) is 18.2 Å². The summed E-state index contributed by atoms with van der Waals surface area (Å²) in [6.45, 7) is 6.05. The molecule has 4 rings (SSSR count). The molecule has 8 heteroatoms. The largest absolute Gasteiger partial charge is 0.463 e. The maximum atomic E-state index is 13.4. The summed E-state index contributed by atoms with van der Waals surface area (Å²) in [6, 6.07) is 6.12. The van der Waals surface area contributed by atoms with Crippen molar-refractivity contribution in [2.24, 2.45) is 17.8 Å². The molecule has 0 N–H and O–H groups in total. The van der Waals surface area contributed by atoms with Crippen LogP contribution in [0.4, 0.5) is 10.1 Å². The molecule has 0 aliphatic carbocycles. The zero-order chi connectivity index (χ0) is 22.0. The van der Waals surface area contributed by atoms with Gasteiger partial charge in [0.15, 0.2) is 0 Å². The van der Waals surface area contributed by atoms with E-state index in [0.717, 1.165) is 4.90 Å². The zero-order valence-corrected chi connectivity index (χ0v) is 17.3. The highest BCUT2D eigenvalue weighted by molar-refractivity contribution is 6.23. The lowest BCUT2D eigenvalue weighted by Crippen LogP contribution is -2.49. The number of carbonyl (C=O) groups is 3. The number of anilines is 1. The number of benzene rings is 1. The molecule has 0 radical (unpaired) electrons. The molecule has 30 heavy (non-hydrogen) atoms. The monoisotopic (exact) mass is 414 g/mol. The van der Waals surface area contributed by atoms with Crippen LogP contribution >= 0.6 is 0 Å². The molecule has 0 saturated carbocycles. The average molecular weight is 414 g/mol.